The van der Waals surface area contributed by atoms with Crippen LogP contribution in [0.2, 0.25) is 5.02 Å². The average Bonchev–Trinajstić information content (AvgIpc) is 3.15. The minimum atomic E-state index is -0.936. The van der Waals surface area contributed by atoms with Crippen molar-refractivity contribution in [1.82, 2.24) is 9.55 Å². The number of aromatic nitrogens is 2. The first-order valence-electron chi connectivity index (χ1n) is 8.80. The van der Waals surface area contributed by atoms with Crippen LogP contribution >= 0.6 is 22.9 Å². The van der Waals surface area contributed by atoms with Crippen molar-refractivity contribution in [3.63, 3.8) is 0 Å². The summed E-state index contributed by atoms with van der Waals surface area (Å²) in [5.41, 5.74) is 1.42. The first-order valence-corrected chi connectivity index (χ1v) is 10.1. The van der Waals surface area contributed by atoms with Crippen LogP contribution < -0.4 is 10.3 Å². The highest BCUT2D eigenvalue weighted by Gasteiger charge is 2.15. The second-order valence-corrected chi connectivity index (χ2v) is 7.75. The third kappa shape index (κ3) is 4.32. The van der Waals surface area contributed by atoms with Crippen molar-refractivity contribution in [2.75, 3.05) is 6.61 Å². The molecule has 0 saturated carbocycles. The van der Waals surface area contributed by atoms with Gasteiger partial charge >= 0.3 is 0 Å². The lowest BCUT2D eigenvalue weighted by molar-refractivity contribution is 0.0914. The van der Waals surface area contributed by atoms with Gasteiger partial charge in [-0.15, -0.1) is 11.3 Å². The first-order chi connectivity index (χ1) is 14.0. The molecule has 8 heteroatoms. The van der Waals surface area contributed by atoms with Crippen LogP contribution in [0.1, 0.15) is 0 Å². The smallest absolute Gasteiger partial charge is 0.262 e. The van der Waals surface area contributed by atoms with E-state index in [2.05, 4.69) is 4.98 Å². The molecule has 1 atom stereocenters. The monoisotopic (exact) mass is 430 g/mol. The number of thiophene rings is 1. The van der Waals surface area contributed by atoms with Crippen LogP contribution in [0.25, 0.3) is 21.3 Å². The molecule has 0 fully saturated rings. The fourth-order valence-corrected chi connectivity index (χ4v) is 3.98. The highest BCUT2D eigenvalue weighted by Crippen LogP contribution is 2.31. The number of hydrogen-bond donors (Lipinski definition) is 1. The Balaban J connectivity index is 1.55. The van der Waals surface area contributed by atoms with E-state index in [4.69, 9.17) is 16.3 Å². The third-order valence-corrected chi connectivity index (χ3v) is 5.52. The van der Waals surface area contributed by atoms with Crippen LogP contribution in [0.3, 0.4) is 0 Å². The maximum Gasteiger partial charge on any atom is 0.262 e. The summed E-state index contributed by atoms with van der Waals surface area (Å²) >= 11 is 7.34. The summed E-state index contributed by atoms with van der Waals surface area (Å²) in [5.74, 6) is 0.0744. The quantitative estimate of drug-likeness (QED) is 0.493. The van der Waals surface area contributed by atoms with Gasteiger partial charge in [0, 0.05) is 16.0 Å². The Kier molecular flexibility index (Phi) is 5.62. The number of hydrogen-bond acceptors (Lipinski definition) is 5. The molecule has 0 amide bonds. The zero-order valence-corrected chi connectivity index (χ0v) is 16.7. The van der Waals surface area contributed by atoms with Gasteiger partial charge in [-0.2, -0.15) is 0 Å². The summed E-state index contributed by atoms with van der Waals surface area (Å²) in [6.07, 6.45) is 0.489. The number of fused-ring (bicyclic) bond motifs is 1. The van der Waals surface area contributed by atoms with Gasteiger partial charge in [-0.1, -0.05) is 23.7 Å². The number of benzene rings is 2. The van der Waals surface area contributed by atoms with Gasteiger partial charge in [0.05, 0.1) is 18.3 Å². The summed E-state index contributed by atoms with van der Waals surface area (Å²) in [7, 11) is 0. The molecule has 5 nitrogen and oxygen atoms in total. The van der Waals surface area contributed by atoms with Crippen molar-refractivity contribution in [3.8, 4) is 16.9 Å². The van der Waals surface area contributed by atoms with Crippen LogP contribution in [-0.2, 0) is 6.54 Å². The van der Waals surface area contributed by atoms with Crippen molar-refractivity contribution in [2.45, 2.75) is 12.6 Å². The highest BCUT2D eigenvalue weighted by atomic mass is 35.5. The Morgan fingerprint density at radius 3 is 2.62 bits per heavy atom. The maximum atomic E-state index is 13.0. The van der Waals surface area contributed by atoms with Gasteiger partial charge < -0.3 is 9.84 Å². The van der Waals surface area contributed by atoms with Gasteiger partial charge in [0.15, 0.2) is 0 Å². The summed E-state index contributed by atoms with van der Waals surface area (Å²) in [4.78, 5) is 18.0. The molecular formula is C21H16ClFN2O3S. The van der Waals surface area contributed by atoms with E-state index in [0.29, 0.717) is 21.0 Å². The van der Waals surface area contributed by atoms with Crippen molar-refractivity contribution in [3.05, 3.63) is 81.4 Å². The molecule has 0 radical (unpaired) electrons. The standard InChI is InChI=1S/C21H16ClFN2O3S/c22-14-3-1-13(2-4-14)18-11-29-20-19(18)21(27)25(12-24-20)9-16(26)10-28-17-7-5-15(23)6-8-17/h1-8,11-12,16,26H,9-10H2/t16-/m1/s1. The number of ether oxygens (including phenoxy) is 1. The second-order valence-electron chi connectivity index (χ2n) is 6.46. The number of aliphatic hydroxyl groups excluding tert-OH is 1. The molecule has 0 bridgehead atoms. The van der Waals surface area contributed by atoms with Gasteiger partial charge in [0.2, 0.25) is 0 Å². The van der Waals surface area contributed by atoms with E-state index in [1.165, 1.54) is 46.5 Å². The number of halogens is 2. The Labute approximate surface area is 174 Å². The molecule has 0 saturated heterocycles. The van der Waals surface area contributed by atoms with Crippen molar-refractivity contribution in [2.24, 2.45) is 0 Å². The van der Waals surface area contributed by atoms with E-state index in [9.17, 15) is 14.3 Å². The Morgan fingerprint density at radius 2 is 1.90 bits per heavy atom. The Bertz CT molecular complexity index is 1190. The molecule has 4 rings (SSSR count). The fraction of sp³-hybridized carbons (Fsp3) is 0.143. The third-order valence-electron chi connectivity index (χ3n) is 4.38. The predicted octanol–water partition coefficient (Wildman–Crippen LogP) is 4.36. The summed E-state index contributed by atoms with van der Waals surface area (Å²) in [5, 5.41) is 13.3. The summed E-state index contributed by atoms with van der Waals surface area (Å²) < 4.78 is 19.8. The molecule has 4 aromatic rings. The second kappa shape index (κ2) is 8.32. The van der Waals surface area contributed by atoms with E-state index in [1.54, 1.807) is 12.1 Å². The van der Waals surface area contributed by atoms with Gasteiger partial charge in [-0.25, -0.2) is 9.37 Å². The molecule has 2 aromatic heterocycles. The molecule has 148 valence electrons. The molecule has 2 heterocycles. The van der Waals surface area contributed by atoms with Crippen LogP contribution in [0.15, 0.2) is 65.0 Å². The van der Waals surface area contributed by atoms with Gasteiger partial charge in [-0.05, 0) is 42.0 Å². The predicted molar refractivity (Wildman–Crippen MR) is 112 cm³/mol. The van der Waals surface area contributed by atoms with Crippen LogP contribution in [0.4, 0.5) is 4.39 Å². The van der Waals surface area contributed by atoms with Gasteiger partial charge in [-0.3, -0.25) is 9.36 Å². The molecule has 0 aliphatic rings. The van der Waals surface area contributed by atoms with E-state index < -0.39 is 6.10 Å². The largest absolute Gasteiger partial charge is 0.491 e. The molecule has 29 heavy (non-hydrogen) atoms. The average molecular weight is 431 g/mol. The number of nitrogens with zero attached hydrogens (tertiary/aromatic N) is 2. The van der Waals surface area contributed by atoms with E-state index in [0.717, 1.165) is 11.1 Å². The zero-order valence-electron chi connectivity index (χ0n) is 15.1. The molecule has 0 spiro atoms. The van der Waals surface area contributed by atoms with E-state index in [-0.39, 0.29) is 24.5 Å². The number of aliphatic hydroxyl groups is 1. The lowest BCUT2D eigenvalue weighted by Crippen LogP contribution is -2.30. The minimum Gasteiger partial charge on any atom is -0.491 e. The molecule has 0 unspecified atom stereocenters. The topological polar surface area (TPSA) is 64.4 Å². The van der Waals surface area contributed by atoms with Crippen LogP contribution in [-0.4, -0.2) is 27.4 Å². The highest BCUT2D eigenvalue weighted by molar-refractivity contribution is 7.17. The van der Waals surface area contributed by atoms with Crippen molar-refractivity contribution in [1.29, 1.82) is 0 Å². The van der Waals surface area contributed by atoms with Crippen molar-refractivity contribution < 1.29 is 14.2 Å². The fourth-order valence-electron chi connectivity index (χ4n) is 2.94. The van der Waals surface area contributed by atoms with E-state index in [1.807, 2.05) is 17.5 Å². The normalized spacial score (nSPS) is 12.2. The molecule has 2 aromatic carbocycles. The van der Waals surface area contributed by atoms with Crippen molar-refractivity contribution >= 4 is 33.2 Å². The molecule has 0 aliphatic carbocycles. The molecular weight excluding hydrogens is 415 g/mol. The minimum absolute atomic E-state index is 0.0267. The summed E-state index contributed by atoms with van der Waals surface area (Å²) in [6, 6.07) is 12.8. The SMILES string of the molecule is O=c1c2c(-c3ccc(Cl)cc3)csc2ncn1C[C@@H](O)COc1ccc(F)cc1. The summed E-state index contributed by atoms with van der Waals surface area (Å²) in [6.45, 7) is -0.0112. The molecule has 0 aliphatic heterocycles. The van der Waals surface area contributed by atoms with Crippen LogP contribution in [0.5, 0.6) is 5.75 Å². The van der Waals surface area contributed by atoms with Gasteiger partial charge in [0.25, 0.3) is 5.56 Å². The number of rotatable bonds is 6. The first kappa shape index (κ1) is 19.6. The molecule has 1 N–H and O–H groups in total. The lowest BCUT2D eigenvalue weighted by Gasteiger charge is -2.14. The Hall–Kier alpha value is -2.74. The lowest BCUT2D eigenvalue weighted by atomic mass is 10.1. The van der Waals surface area contributed by atoms with Gasteiger partial charge in [0.1, 0.15) is 29.1 Å². The van der Waals surface area contributed by atoms with Crippen LogP contribution in [0, 0.1) is 5.82 Å². The Morgan fingerprint density at radius 1 is 1.17 bits per heavy atom. The van der Waals surface area contributed by atoms with E-state index >= 15 is 0 Å². The zero-order chi connectivity index (χ0) is 20.4. The maximum absolute atomic E-state index is 13.0.